The summed E-state index contributed by atoms with van der Waals surface area (Å²) in [5.74, 6) is -0.692. The van der Waals surface area contributed by atoms with Crippen molar-refractivity contribution in [2.75, 3.05) is 37.4 Å². The molecule has 9 heteroatoms. The fourth-order valence-corrected chi connectivity index (χ4v) is 4.90. The molecule has 3 aromatic carbocycles. The molecule has 2 heterocycles. The summed E-state index contributed by atoms with van der Waals surface area (Å²) >= 11 is 0. The Balaban J connectivity index is 1.39. The van der Waals surface area contributed by atoms with E-state index in [-0.39, 0.29) is 29.5 Å². The standard InChI is InChI=1S/C29H29N3O6/c1-3-38-29(36)20-5-4-12-32(16-20)28(35)19-7-10-22-24(14-19)31-27(34)21-9-6-17(13-23(21)30-22)18-8-11-25(33)26(15-18)37-2/h6-11,13-15,20,30,33H,3-5,12,16H2,1-2H3,(H,31,34). The van der Waals surface area contributed by atoms with E-state index in [1.165, 1.54) is 7.11 Å². The van der Waals surface area contributed by atoms with Crippen molar-refractivity contribution in [1.29, 1.82) is 0 Å². The maximum Gasteiger partial charge on any atom is 0.310 e. The van der Waals surface area contributed by atoms with E-state index in [0.29, 0.717) is 60.1 Å². The van der Waals surface area contributed by atoms with Gasteiger partial charge >= 0.3 is 5.97 Å². The van der Waals surface area contributed by atoms with Crippen molar-refractivity contribution >= 4 is 34.8 Å². The Bertz CT molecular complexity index is 1420. The van der Waals surface area contributed by atoms with Crippen LogP contribution in [0.15, 0.2) is 54.6 Å². The van der Waals surface area contributed by atoms with Crippen molar-refractivity contribution in [3.05, 3.63) is 65.7 Å². The molecule has 0 aliphatic carbocycles. The van der Waals surface area contributed by atoms with Gasteiger partial charge in [-0.15, -0.1) is 0 Å². The van der Waals surface area contributed by atoms with Gasteiger partial charge < -0.3 is 30.1 Å². The number of fused-ring (bicyclic) bond motifs is 2. The number of benzene rings is 3. The zero-order valence-electron chi connectivity index (χ0n) is 21.2. The number of likely N-dealkylation sites (tertiary alicyclic amines) is 1. The third kappa shape index (κ3) is 4.87. The number of hydrogen-bond acceptors (Lipinski definition) is 7. The van der Waals surface area contributed by atoms with Gasteiger partial charge in [0.1, 0.15) is 0 Å². The molecule has 1 fully saturated rings. The van der Waals surface area contributed by atoms with Crippen molar-refractivity contribution < 1.29 is 29.0 Å². The van der Waals surface area contributed by atoms with Gasteiger partial charge in [-0.1, -0.05) is 12.1 Å². The van der Waals surface area contributed by atoms with Crippen LogP contribution in [0, 0.1) is 5.92 Å². The lowest BCUT2D eigenvalue weighted by molar-refractivity contribution is -0.149. The van der Waals surface area contributed by atoms with Crippen LogP contribution in [-0.2, 0) is 9.53 Å². The number of amides is 2. The predicted octanol–water partition coefficient (Wildman–Crippen LogP) is 4.79. The molecule has 0 bridgehead atoms. The SMILES string of the molecule is CCOC(=O)C1CCCN(C(=O)c2ccc3c(c2)NC(=O)c2ccc(-c4ccc(O)c(OC)c4)cc2N3)C1. The second-order valence-electron chi connectivity index (χ2n) is 9.33. The van der Waals surface area contributed by atoms with E-state index >= 15 is 0 Å². The third-order valence-corrected chi connectivity index (χ3v) is 6.89. The molecular weight excluding hydrogens is 486 g/mol. The van der Waals surface area contributed by atoms with Crippen LogP contribution in [0.25, 0.3) is 11.1 Å². The highest BCUT2D eigenvalue weighted by Crippen LogP contribution is 2.37. The summed E-state index contributed by atoms with van der Waals surface area (Å²) in [6.45, 7) is 2.96. The number of hydrogen-bond donors (Lipinski definition) is 3. The van der Waals surface area contributed by atoms with Gasteiger partial charge in [0.25, 0.3) is 11.8 Å². The summed E-state index contributed by atoms with van der Waals surface area (Å²) in [4.78, 5) is 40.2. The minimum Gasteiger partial charge on any atom is -0.504 e. The maximum atomic E-state index is 13.3. The van der Waals surface area contributed by atoms with Gasteiger partial charge in [-0.05, 0) is 73.4 Å². The molecule has 3 aromatic rings. The maximum absolute atomic E-state index is 13.3. The van der Waals surface area contributed by atoms with E-state index in [0.717, 1.165) is 17.5 Å². The molecule has 0 saturated carbocycles. The number of esters is 1. The lowest BCUT2D eigenvalue weighted by Gasteiger charge is -2.31. The number of rotatable bonds is 5. The normalized spacial score (nSPS) is 16.3. The van der Waals surface area contributed by atoms with E-state index in [4.69, 9.17) is 9.47 Å². The number of ether oxygens (including phenoxy) is 2. The summed E-state index contributed by atoms with van der Waals surface area (Å²) < 4.78 is 10.4. The number of carbonyl (C=O) groups is 3. The molecule has 0 spiro atoms. The molecule has 1 atom stereocenters. The first-order valence-corrected chi connectivity index (χ1v) is 12.6. The van der Waals surface area contributed by atoms with Crippen LogP contribution in [0.1, 0.15) is 40.5 Å². The third-order valence-electron chi connectivity index (χ3n) is 6.89. The van der Waals surface area contributed by atoms with Gasteiger partial charge in [0.15, 0.2) is 11.5 Å². The number of nitrogens with one attached hydrogen (secondary N) is 2. The fraction of sp³-hybridized carbons (Fsp3) is 0.276. The lowest BCUT2D eigenvalue weighted by atomic mass is 9.97. The molecule has 2 amide bonds. The Morgan fingerprint density at radius 3 is 2.58 bits per heavy atom. The molecule has 5 rings (SSSR count). The quantitative estimate of drug-likeness (QED) is 0.418. The monoisotopic (exact) mass is 515 g/mol. The zero-order valence-corrected chi connectivity index (χ0v) is 21.2. The largest absolute Gasteiger partial charge is 0.504 e. The molecule has 2 aliphatic rings. The van der Waals surface area contributed by atoms with Gasteiger partial charge in [-0.3, -0.25) is 14.4 Å². The Morgan fingerprint density at radius 1 is 1.00 bits per heavy atom. The molecule has 196 valence electrons. The molecule has 0 radical (unpaired) electrons. The van der Waals surface area contributed by atoms with Crippen molar-refractivity contribution in [3.63, 3.8) is 0 Å². The van der Waals surface area contributed by atoms with E-state index in [1.807, 2.05) is 12.1 Å². The van der Waals surface area contributed by atoms with E-state index in [1.54, 1.807) is 54.3 Å². The number of methoxy groups -OCH3 is 1. The minimum atomic E-state index is -0.327. The van der Waals surface area contributed by atoms with Crippen LogP contribution in [0.3, 0.4) is 0 Å². The Labute approximate surface area is 220 Å². The van der Waals surface area contributed by atoms with Crippen molar-refractivity contribution in [1.82, 2.24) is 4.90 Å². The van der Waals surface area contributed by atoms with Crippen molar-refractivity contribution in [2.24, 2.45) is 5.92 Å². The van der Waals surface area contributed by atoms with E-state index in [9.17, 15) is 19.5 Å². The number of phenols is 1. The molecule has 9 nitrogen and oxygen atoms in total. The number of phenolic OH excluding ortho intramolecular Hbond substituents is 1. The number of carbonyl (C=O) groups excluding carboxylic acids is 3. The summed E-state index contributed by atoms with van der Waals surface area (Å²) in [6, 6.07) is 15.6. The topological polar surface area (TPSA) is 117 Å². The van der Waals surface area contributed by atoms with E-state index in [2.05, 4.69) is 10.6 Å². The first kappa shape index (κ1) is 25.1. The summed E-state index contributed by atoms with van der Waals surface area (Å²) in [5.41, 5.74) is 4.28. The average Bonchev–Trinajstić information content (AvgIpc) is 3.07. The smallest absolute Gasteiger partial charge is 0.310 e. The number of aromatic hydroxyl groups is 1. The van der Waals surface area contributed by atoms with Gasteiger partial charge in [-0.2, -0.15) is 0 Å². The highest BCUT2D eigenvalue weighted by molar-refractivity contribution is 6.13. The Hall–Kier alpha value is -4.53. The van der Waals surface area contributed by atoms with Crippen molar-refractivity contribution in [2.45, 2.75) is 19.8 Å². The number of anilines is 3. The Morgan fingerprint density at radius 2 is 1.79 bits per heavy atom. The van der Waals surface area contributed by atoms with Gasteiger partial charge in [0.05, 0.1) is 42.3 Å². The second kappa shape index (κ2) is 10.5. The van der Waals surface area contributed by atoms with Crippen LogP contribution in [0.5, 0.6) is 11.5 Å². The molecular formula is C29H29N3O6. The zero-order chi connectivity index (χ0) is 26.8. The molecule has 3 N–H and O–H groups in total. The van der Waals surface area contributed by atoms with Crippen LogP contribution >= 0.6 is 0 Å². The molecule has 1 unspecified atom stereocenters. The minimum absolute atomic E-state index is 0.0451. The van der Waals surface area contributed by atoms with Crippen molar-refractivity contribution in [3.8, 4) is 22.6 Å². The highest BCUT2D eigenvalue weighted by Gasteiger charge is 2.30. The summed E-state index contributed by atoms with van der Waals surface area (Å²) in [5, 5.41) is 16.1. The number of piperidine rings is 1. The molecule has 2 aliphatic heterocycles. The molecule has 1 saturated heterocycles. The molecule has 38 heavy (non-hydrogen) atoms. The fourth-order valence-electron chi connectivity index (χ4n) is 4.90. The predicted molar refractivity (Wildman–Crippen MR) is 143 cm³/mol. The van der Waals surface area contributed by atoms with Gasteiger partial charge in [0.2, 0.25) is 0 Å². The van der Waals surface area contributed by atoms with Crippen LogP contribution in [0.2, 0.25) is 0 Å². The summed E-state index contributed by atoms with van der Waals surface area (Å²) in [7, 11) is 1.49. The van der Waals surface area contributed by atoms with Crippen LogP contribution < -0.4 is 15.4 Å². The van der Waals surface area contributed by atoms with Crippen LogP contribution in [0.4, 0.5) is 17.1 Å². The summed E-state index contributed by atoms with van der Waals surface area (Å²) in [6.07, 6.45) is 1.42. The van der Waals surface area contributed by atoms with Gasteiger partial charge in [-0.25, -0.2) is 0 Å². The lowest BCUT2D eigenvalue weighted by Crippen LogP contribution is -2.42. The first-order valence-electron chi connectivity index (χ1n) is 12.6. The van der Waals surface area contributed by atoms with Gasteiger partial charge in [0, 0.05) is 18.7 Å². The second-order valence-corrected chi connectivity index (χ2v) is 9.33. The Kier molecular flexibility index (Phi) is 6.91. The highest BCUT2D eigenvalue weighted by atomic mass is 16.5. The average molecular weight is 516 g/mol. The van der Waals surface area contributed by atoms with E-state index < -0.39 is 0 Å². The number of nitrogens with zero attached hydrogens (tertiary/aromatic N) is 1. The first-order chi connectivity index (χ1) is 18.4. The van der Waals surface area contributed by atoms with Crippen LogP contribution in [-0.4, -0.2) is 54.6 Å². The molecule has 0 aromatic heterocycles.